The van der Waals surface area contributed by atoms with E-state index in [0.717, 1.165) is 39.0 Å². The Hall–Kier alpha value is -0.160. The number of hydrogen-bond donors (Lipinski definition) is 2. The second-order valence-electron chi connectivity index (χ2n) is 6.23. The van der Waals surface area contributed by atoms with Crippen molar-refractivity contribution in [2.24, 2.45) is 11.5 Å². The van der Waals surface area contributed by atoms with Crippen molar-refractivity contribution < 1.29 is 0 Å². The van der Waals surface area contributed by atoms with Crippen LogP contribution in [0.15, 0.2) is 0 Å². The molecule has 0 aromatic carbocycles. The van der Waals surface area contributed by atoms with Crippen molar-refractivity contribution in [2.75, 3.05) is 26.2 Å². The van der Waals surface area contributed by atoms with E-state index in [4.69, 9.17) is 11.5 Å². The van der Waals surface area contributed by atoms with Gasteiger partial charge in [0.25, 0.3) is 0 Å². The normalized spacial score (nSPS) is 30.3. The lowest BCUT2D eigenvalue weighted by molar-refractivity contribution is 0.0361. The van der Waals surface area contributed by atoms with E-state index in [0.29, 0.717) is 24.2 Å². The molecule has 4 atom stereocenters. The van der Waals surface area contributed by atoms with E-state index < -0.39 is 0 Å². The van der Waals surface area contributed by atoms with Crippen molar-refractivity contribution >= 4 is 0 Å². The molecule has 0 spiro atoms. The summed E-state index contributed by atoms with van der Waals surface area (Å²) in [4.78, 5) is 5.16. The maximum absolute atomic E-state index is 5.86. The SMILES string of the molecule is CC(N)CCN1CC(C)N(CCC(C)N)C(C)C1. The zero-order chi connectivity index (χ0) is 13.7. The Morgan fingerprint density at radius 2 is 1.39 bits per heavy atom. The molecule has 1 aliphatic heterocycles. The first-order valence-corrected chi connectivity index (χ1v) is 7.39. The lowest BCUT2D eigenvalue weighted by atomic mass is 10.1. The standard InChI is InChI=1S/C14H32N4/c1-11(15)5-7-17-9-13(3)18(14(4)10-17)8-6-12(2)16/h11-14H,5-10,15-16H2,1-4H3. The summed E-state index contributed by atoms with van der Waals surface area (Å²) in [7, 11) is 0. The average molecular weight is 256 g/mol. The molecule has 0 bridgehead atoms. The first kappa shape index (κ1) is 15.9. The first-order valence-electron chi connectivity index (χ1n) is 7.39. The Morgan fingerprint density at radius 3 is 1.83 bits per heavy atom. The molecule has 0 saturated carbocycles. The molecule has 4 N–H and O–H groups in total. The highest BCUT2D eigenvalue weighted by Crippen LogP contribution is 2.16. The summed E-state index contributed by atoms with van der Waals surface area (Å²) in [6, 6.07) is 1.87. The molecule has 1 heterocycles. The van der Waals surface area contributed by atoms with Crippen LogP contribution in [0.2, 0.25) is 0 Å². The minimum Gasteiger partial charge on any atom is -0.328 e. The van der Waals surface area contributed by atoms with Gasteiger partial charge in [-0.05, 0) is 47.1 Å². The van der Waals surface area contributed by atoms with Crippen molar-refractivity contribution in [3.8, 4) is 0 Å². The van der Waals surface area contributed by atoms with Gasteiger partial charge in [-0.3, -0.25) is 4.90 Å². The van der Waals surface area contributed by atoms with Gasteiger partial charge < -0.3 is 16.4 Å². The maximum atomic E-state index is 5.86. The first-order chi connectivity index (χ1) is 8.40. The summed E-state index contributed by atoms with van der Waals surface area (Å²) in [6.07, 6.45) is 2.19. The molecule has 4 unspecified atom stereocenters. The van der Waals surface area contributed by atoms with Gasteiger partial charge in [0.15, 0.2) is 0 Å². The smallest absolute Gasteiger partial charge is 0.0198 e. The van der Waals surface area contributed by atoms with E-state index in [1.54, 1.807) is 0 Å². The largest absolute Gasteiger partial charge is 0.328 e. The summed E-state index contributed by atoms with van der Waals surface area (Å²) in [5.74, 6) is 0. The molecule has 4 nitrogen and oxygen atoms in total. The molecule has 1 fully saturated rings. The van der Waals surface area contributed by atoms with Crippen molar-refractivity contribution in [1.82, 2.24) is 9.80 Å². The van der Waals surface area contributed by atoms with E-state index in [2.05, 4.69) is 37.5 Å². The Morgan fingerprint density at radius 1 is 0.944 bits per heavy atom. The zero-order valence-electron chi connectivity index (χ0n) is 12.6. The van der Waals surface area contributed by atoms with Gasteiger partial charge in [-0.2, -0.15) is 0 Å². The van der Waals surface area contributed by atoms with E-state index in [1.165, 1.54) is 0 Å². The Kier molecular flexibility index (Phi) is 6.57. The van der Waals surface area contributed by atoms with Crippen LogP contribution in [0, 0.1) is 0 Å². The fourth-order valence-corrected chi connectivity index (χ4v) is 2.83. The zero-order valence-corrected chi connectivity index (χ0v) is 12.6. The van der Waals surface area contributed by atoms with E-state index in [1.807, 2.05) is 0 Å². The molecule has 18 heavy (non-hydrogen) atoms. The van der Waals surface area contributed by atoms with Crippen LogP contribution < -0.4 is 11.5 Å². The molecular weight excluding hydrogens is 224 g/mol. The Labute approximate surface area is 113 Å². The molecule has 4 heteroatoms. The Bertz CT molecular complexity index is 218. The summed E-state index contributed by atoms with van der Waals surface area (Å²) in [6.45, 7) is 13.4. The number of rotatable bonds is 6. The molecule has 0 amide bonds. The number of hydrogen-bond acceptors (Lipinski definition) is 4. The fraction of sp³-hybridized carbons (Fsp3) is 1.00. The average Bonchev–Trinajstić information content (AvgIpc) is 2.24. The van der Waals surface area contributed by atoms with E-state index in [-0.39, 0.29) is 0 Å². The summed E-state index contributed by atoms with van der Waals surface area (Å²) in [5, 5.41) is 0. The van der Waals surface area contributed by atoms with Gasteiger partial charge in [-0.15, -0.1) is 0 Å². The van der Waals surface area contributed by atoms with Gasteiger partial charge in [-0.1, -0.05) is 0 Å². The van der Waals surface area contributed by atoms with Gasteiger partial charge in [0.1, 0.15) is 0 Å². The molecule has 108 valence electrons. The van der Waals surface area contributed by atoms with Crippen LogP contribution in [0.25, 0.3) is 0 Å². The topological polar surface area (TPSA) is 58.5 Å². The fourth-order valence-electron chi connectivity index (χ4n) is 2.83. The van der Waals surface area contributed by atoms with Gasteiger partial charge in [0.05, 0.1) is 0 Å². The second kappa shape index (κ2) is 7.43. The quantitative estimate of drug-likeness (QED) is 0.740. The highest BCUT2D eigenvalue weighted by Gasteiger charge is 2.28. The molecule has 0 aromatic heterocycles. The molecule has 1 rings (SSSR count). The summed E-state index contributed by atoms with van der Waals surface area (Å²) in [5.41, 5.74) is 11.7. The molecule has 0 aliphatic carbocycles. The molecule has 1 aliphatic rings. The third-order valence-corrected chi connectivity index (χ3v) is 3.92. The van der Waals surface area contributed by atoms with E-state index >= 15 is 0 Å². The molecule has 1 saturated heterocycles. The monoisotopic (exact) mass is 256 g/mol. The third kappa shape index (κ3) is 5.22. The predicted octanol–water partition coefficient (Wildman–Crippen LogP) is 0.856. The van der Waals surface area contributed by atoms with Crippen LogP contribution in [0.1, 0.15) is 40.5 Å². The van der Waals surface area contributed by atoms with Crippen LogP contribution in [-0.4, -0.2) is 60.1 Å². The van der Waals surface area contributed by atoms with Crippen molar-refractivity contribution in [3.05, 3.63) is 0 Å². The lowest BCUT2D eigenvalue weighted by Gasteiger charge is -2.45. The molecular formula is C14H32N4. The number of nitrogens with two attached hydrogens (primary N) is 2. The van der Waals surface area contributed by atoms with Crippen molar-refractivity contribution in [1.29, 1.82) is 0 Å². The Balaban J connectivity index is 2.39. The van der Waals surface area contributed by atoms with Gasteiger partial charge in [0.2, 0.25) is 0 Å². The van der Waals surface area contributed by atoms with E-state index in [9.17, 15) is 0 Å². The van der Waals surface area contributed by atoms with Crippen LogP contribution in [-0.2, 0) is 0 Å². The minimum absolute atomic E-state index is 0.306. The number of nitrogens with zero attached hydrogens (tertiary/aromatic N) is 2. The van der Waals surface area contributed by atoms with Gasteiger partial charge in [-0.25, -0.2) is 0 Å². The molecule has 0 aromatic rings. The lowest BCUT2D eigenvalue weighted by Crippen LogP contribution is -2.57. The van der Waals surface area contributed by atoms with Crippen LogP contribution >= 0.6 is 0 Å². The van der Waals surface area contributed by atoms with Crippen LogP contribution in [0.5, 0.6) is 0 Å². The number of piperazine rings is 1. The predicted molar refractivity (Wildman–Crippen MR) is 78.6 cm³/mol. The molecule has 0 radical (unpaired) electrons. The van der Waals surface area contributed by atoms with Crippen LogP contribution in [0.4, 0.5) is 0 Å². The highest BCUT2D eigenvalue weighted by molar-refractivity contribution is 4.85. The minimum atomic E-state index is 0.306. The van der Waals surface area contributed by atoms with Gasteiger partial charge in [0, 0.05) is 43.8 Å². The summed E-state index contributed by atoms with van der Waals surface area (Å²) < 4.78 is 0. The second-order valence-corrected chi connectivity index (χ2v) is 6.23. The van der Waals surface area contributed by atoms with Crippen molar-refractivity contribution in [3.63, 3.8) is 0 Å². The highest BCUT2D eigenvalue weighted by atomic mass is 15.3. The summed E-state index contributed by atoms with van der Waals surface area (Å²) >= 11 is 0. The third-order valence-electron chi connectivity index (χ3n) is 3.92. The van der Waals surface area contributed by atoms with Crippen molar-refractivity contribution in [2.45, 2.75) is 64.7 Å². The maximum Gasteiger partial charge on any atom is 0.0198 e. The van der Waals surface area contributed by atoms with Gasteiger partial charge >= 0.3 is 0 Å². The van der Waals surface area contributed by atoms with Crippen LogP contribution in [0.3, 0.4) is 0 Å².